The number of hydrogen-bond acceptors (Lipinski definition) is 6. The molecule has 0 atom stereocenters. The minimum atomic E-state index is -3.73. The molecule has 0 unspecified atom stereocenters. The van der Waals surface area contributed by atoms with Crippen LogP contribution < -0.4 is 20.5 Å². The second-order valence-electron chi connectivity index (χ2n) is 6.39. The number of hydrogen-bond donors (Lipinski definition) is 2. The zero-order chi connectivity index (χ0) is 23.0. The summed E-state index contributed by atoms with van der Waals surface area (Å²) in [6.07, 6.45) is 0. The van der Waals surface area contributed by atoms with Crippen LogP contribution in [0.4, 0.5) is 5.69 Å². The van der Waals surface area contributed by atoms with Gasteiger partial charge in [-0.15, -0.1) is 0 Å². The van der Waals surface area contributed by atoms with E-state index in [1.165, 1.54) is 34.6 Å². The van der Waals surface area contributed by atoms with Gasteiger partial charge < -0.3 is 20.5 Å². The Morgan fingerprint density at radius 3 is 2.29 bits per heavy atom. The lowest BCUT2D eigenvalue weighted by atomic mass is 10.1. The monoisotopic (exact) mass is 449 g/mol. The normalized spacial score (nSPS) is 11.2. The fourth-order valence-corrected chi connectivity index (χ4v) is 4.36. The third kappa shape index (κ3) is 5.96. The predicted octanol–water partition coefficient (Wildman–Crippen LogP) is 2.23. The Bertz CT molecular complexity index is 1040. The maximum atomic E-state index is 12.9. The Morgan fingerprint density at radius 2 is 1.68 bits per heavy atom. The van der Waals surface area contributed by atoms with Crippen molar-refractivity contribution in [2.24, 2.45) is 5.73 Å². The smallest absolute Gasteiger partial charge is 0.259 e. The lowest BCUT2D eigenvalue weighted by Crippen LogP contribution is -2.30. The first-order valence-electron chi connectivity index (χ1n) is 9.83. The van der Waals surface area contributed by atoms with Crippen molar-refractivity contribution in [2.75, 3.05) is 31.6 Å². The van der Waals surface area contributed by atoms with Gasteiger partial charge in [0.1, 0.15) is 11.5 Å². The highest BCUT2D eigenvalue weighted by molar-refractivity contribution is 7.89. The third-order valence-electron chi connectivity index (χ3n) is 4.34. The molecule has 0 saturated heterocycles. The van der Waals surface area contributed by atoms with Gasteiger partial charge in [-0.1, -0.05) is 26.0 Å². The summed E-state index contributed by atoms with van der Waals surface area (Å²) in [6, 6.07) is 10.6. The lowest BCUT2D eigenvalue weighted by Gasteiger charge is -2.20. The fraction of sp³-hybridized carbons (Fsp3) is 0.333. The molecule has 0 aliphatic rings. The Kier molecular flexibility index (Phi) is 8.40. The number of para-hydroxylation sites is 1. The maximum absolute atomic E-state index is 12.9. The molecule has 0 radical (unpaired) electrons. The summed E-state index contributed by atoms with van der Waals surface area (Å²) in [7, 11) is -3.73. The zero-order valence-electron chi connectivity index (χ0n) is 17.8. The van der Waals surface area contributed by atoms with E-state index in [9.17, 15) is 18.0 Å². The van der Waals surface area contributed by atoms with Crippen LogP contribution in [0.2, 0.25) is 0 Å². The molecule has 2 aromatic carbocycles. The minimum absolute atomic E-state index is 0.0354. The second kappa shape index (κ2) is 10.8. The van der Waals surface area contributed by atoms with Gasteiger partial charge in [0.15, 0.2) is 6.61 Å². The van der Waals surface area contributed by atoms with Crippen LogP contribution in [-0.2, 0) is 14.8 Å². The minimum Gasteiger partial charge on any atom is -0.492 e. The van der Waals surface area contributed by atoms with Gasteiger partial charge in [0, 0.05) is 13.1 Å². The first-order valence-corrected chi connectivity index (χ1v) is 11.3. The lowest BCUT2D eigenvalue weighted by molar-refractivity contribution is -0.119. The van der Waals surface area contributed by atoms with Crippen molar-refractivity contribution >= 4 is 27.5 Å². The van der Waals surface area contributed by atoms with Crippen molar-refractivity contribution < 1.29 is 27.5 Å². The van der Waals surface area contributed by atoms with Crippen molar-refractivity contribution in [1.29, 1.82) is 0 Å². The number of primary amides is 1. The van der Waals surface area contributed by atoms with Crippen molar-refractivity contribution in [2.45, 2.75) is 25.7 Å². The van der Waals surface area contributed by atoms with Crippen LogP contribution >= 0.6 is 0 Å². The molecule has 0 aliphatic heterocycles. The van der Waals surface area contributed by atoms with Crippen LogP contribution in [0.3, 0.4) is 0 Å². The average molecular weight is 450 g/mol. The molecule has 0 aromatic heterocycles. The number of benzene rings is 2. The molecule has 31 heavy (non-hydrogen) atoms. The Balaban J connectivity index is 2.42. The SMILES string of the molecule is CCOc1ccc(S(=O)(=O)N(CC)CC)cc1NC(=O)c1ccccc1OCC(N)=O. The number of anilines is 1. The Morgan fingerprint density at radius 1 is 1.00 bits per heavy atom. The highest BCUT2D eigenvalue weighted by Crippen LogP contribution is 2.30. The quantitative estimate of drug-likeness (QED) is 0.541. The largest absolute Gasteiger partial charge is 0.492 e. The summed E-state index contributed by atoms with van der Waals surface area (Å²) < 4.78 is 37.9. The van der Waals surface area contributed by atoms with Gasteiger partial charge in [0.25, 0.3) is 11.8 Å². The van der Waals surface area contributed by atoms with Crippen LogP contribution in [0, 0.1) is 0 Å². The van der Waals surface area contributed by atoms with E-state index in [0.717, 1.165) is 0 Å². The highest BCUT2D eigenvalue weighted by Gasteiger charge is 2.24. The maximum Gasteiger partial charge on any atom is 0.259 e. The van der Waals surface area contributed by atoms with Gasteiger partial charge in [-0.2, -0.15) is 4.31 Å². The number of nitrogens with two attached hydrogens (primary N) is 1. The molecule has 2 aromatic rings. The topological polar surface area (TPSA) is 128 Å². The molecule has 0 bridgehead atoms. The highest BCUT2D eigenvalue weighted by atomic mass is 32.2. The number of carbonyl (C=O) groups is 2. The van der Waals surface area contributed by atoms with Crippen molar-refractivity contribution in [3.05, 3.63) is 48.0 Å². The molecule has 0 saturated carbocycles. The van der Waals surface area contributed by atoms with Crippen LogP contribution in [0.15, 0.2) is 47.4 Å². The average Bonchev–Trinajstić information content (AvgIpc) is 2.74. The number of sulfonamides is 1. The van der Waals surface area contributed by atoms with E-state index in [1.807, 2.05) is 0 Å². The molecule has 0 fully saturated rings. The van der Waals surface area contributed by atoms with Crippen molar-refractivity contribution in [3.8, 4) is 11.5 Å². The molecule has 0 spiro atoms. The molecular formula is C21H27N3O6S. The molecule has 9 nitrogen and oxygen atoms in total. The summed E-state index contributed by atoms with van der Waals surface area (Å²) in [6.45, 7) is 5.85. The van der Waals surface area contributed by atoms with Gasteiger partial charge >= 0.3 is 0 Å². The van der Waals surface area contributed by atoms with E-state index < -0.39 is 21.8 Å². The summed E-state index contributed by atoms with van der Waals surface area (Å²) in [5.41, 5.74) is 5.46. The van der Waals surface area contributed by atoms with Crippen LogP contribution in [0.25, 0.3) is 0 Å². The van der Waals surface area contributed by atoms with Gasteiger partial charge in [0.05, 0.1) is 22.8 Å². The molecule has 168 valence electrons. The third-order valence-corrected chi connectivity index (χ3v) is 6.39. The van der Waals surface area contributed by atoms with E-state index >= 15 is 0 Å². The molecule has 0 heterocycles. The van der Waals surface area contributed by atoms with Crippen LogP contribution in [0.1, 0.15) is 31.1 Å². The van der Waals surface area contributed by atoms with E-state index in [-0.39, 0.29) is 28.5 Å². The summed E-state index contributed by atoms with van der Waals surface area (Å²) in [4.78, 5) is 24.0. The van der Waals surface area contributed by atoms with E-state index in [0.29, 0.717) is 25.4 Å². The first kappa shape index (κ1) is 24.2. The Hall–Kier alpha value is -3.11. The number of rotatable bonds is 11. The van der Waals surface area contributed by atoms with Gasteiger partial charge in [0.2, 0.25) is 10.0 Å². The summed E-state index contributed by atoms with van der Waals surface area (Å²) in [5.74, 6) is -0.741. The van der Waals surface area contributed by atoms with E-state index in [1.54, 1.807) is 32.9 Å². The number of nitrogens with one attached hydrogen (secondary N) is 1. The molecule has 10 heteroatoms. The van der Waals surface area contributed by atoms with Crippen LogP contribution in [0.5, 0.6) is 11.5 Å². The molecule has 3 N–H and O–H groups in total. The molecule has 0 aliphatic carbocycles. The number of nitrogens with zero attached hydrogens (tertiary/aromatic N) is 1. The standard InChI is InChI=1S/C21H27N3O6S/c1-4-24(5-2)31(27,28)15-11-12-19(29-6-3)17(13-15)23-21(26)16-9-7-8-10-18(16)30-14-20(22)25/h7-13H,4-6,14H2,1-3H3,(H2,22,25)(H,23,26). The van der Waals surface area contributed by atoms with Crippen molar-refractivity contribution in [3.63, 3.8) is 0 Å². The molecular weight excluding hydrogens is 422 g/mol. The van der Waals surface area contributed by atoms with E-state index in [4.69, 9.17) is 15.2 Å². The second-order valence-corrected chi connectivity index (χ2v) is 8.32. The number of amides is 2. The molecule has 2 rings (SSSR count). The fourth-order valence-electron chi connectivity index (χ4n) is 2.88. The summed E-state index contributed by atoms with van der Waals surface area (Å²) >= 11 is 0. The van der Waals surface area contributed by atoms with Gasteiger partial charge in [-0.05, 0) is 37.3 Å². The number of ether oxygens (including phenoxy) is 2. The van der Waals surface area contributed by atoms with Crippen LogP contribution in [-0.4, -0.2) is 50.8 Å². The van der Waals surface area contributed by atoms with E-state index in [2.05, 4.69) is 5.32 Å². The summed E-state index contributed by atoms with van der Waals surface area (Å²) in [5, 5.41) is 2.68. The molecule has 2 amide bonds. The Labute approximate surface area is 182 Å². The first-order chi connectivity index (χ1) is 14.7. The van der Waals surface area contributed by atoms with Gasteiger partial charge in [-0.3, -0.25) is 9.59 Å². The zero-order valence-corrected chi connectivity index (χ0v) is 18.6. The number of carbonyl (C=O) groups excluding carboxylic acids is 2. The predicted molar refractivity (Wildman–Crippen MR) is 117 cm³/mol. The van der Waals surface area contributed by atoms with Crippen molar-refractivity contribution in [1.82, 2.24) is 4.31 Å². The van der Waals surface area contributed by atoms with Gasteiger partial charge in [-0.25, -0.2) is 8.42 Å².